The van der Waals surface area contributed by atoms with E-state index < -0.39 is 23.3 Å². The Kier molecular flexibility index (Phi) is 7.97. The number of rotatable bonds is 6. The lowest BCUT2D eigenvalue weighted by Gasteiger charge is -2.29. The van der Waals surface area contributed by atoms with Crippen molar-refractivity contribution < 1.29 is 27.4 Å². The lowest BCUT2D eigenvalue weighted by Crippen LogP contribution is -2.19. The quantitative estimate of drug-likeness (QED) is 0.434. The zero-order chi connectivity index (χ0) is 24.2. The summed E-state index contributed by atoms with van der Waals surface area (Å²) < 4.78 is 63.3. The Morgan fingerprint density at radius 3 is 1.88 bits per heavy atom. The van der Waals surface area contributed by atoms with Gasteiger partial charge in [0, 0.05) is 5.56 Å². The van der Waals surface area contributed by atoms with E-state index in [0.717, 1.165) is 12.8 Å². The van der Waals surface area contributed by atoms with Gasteiger partial charge < -0.3 is 9.84 Å². The van der Waals surface area contributed by atoms with Gasteiger partial charge in [-0.1, -0.05) is 24.3 Å². The highest BCUT2D eigenvalue weighted by Gasteiger charge is 2.29. The van der Waals surface area contributed by atoms with E-state index in [1.54, 1.807) is 25.1 Å². The van der Waals surface area contributed by atoms with E-state index in [9.17, 15) is 22.7 Å². The van der Waals surface area contributed by atoms with Crippen molar-refractivity contribution in [1.29, 1.82) is 0 Å². The van der Waals surface area contributed by atoms with Gasteiger partial charge in [0.1, 0.15) is 0 Å². The Balaban J connectivity index is 1.38. The van der Waals surface area contributed by atoms with Gasteiger partial charge in [-0.15, -0.1) is 0 Å². The number of hydrogen-bond donors (Lipinski definition) is 1. The van der Waals surface area contributed by atoms with Crippen LogP contribution in [-0.4, -0.2) is 17.8 Å². The Bertz CT molecular complexity index is 1020. The number of aliphatic hydroxyl groups is 1. The molecule has 0 spiro atoms. The van der Waals surface area contributed by atoms with Crippen LogP contribution in [0.2, 0.25) is 0 Å². The highest BCUT2D eigenvalue weighted by Crippen LogP contribution is 2.41. The average molecular weight is 477 g/mol. The third-order valence-corrected chi connectivity index (χ3v) is 7.41. The summed E-state index contributed by atoms with van der Waals surface area (Å²) in [4.78, 5) is 0. The minimum Gasteiger partial charge on any atom is -0.491 e. The minimum absolute atomic E-state index is 0.0411. The highest BCUT2D eigenvalue weighted by molar-refractivity contribution is 5.52. The van der Waals surface area contributed by atoms with E-state index >= 15 is 0 Å². The lowest BCUT2D eigenvalue weighted by molar-refractivity contribution is 0.122. The summed E-state index contributed by atoms with van der Waals surface area (Å²) in [6.45, 7) is 1.96. The van der Waals surface area contributed by atoms with Crippen LogP contribution in [0.3, 0.4) is 0 Å². The molecule has 0 bridgehead atoms. The maximum atomic E-state index is 15.0. The summed E-state index contributed by atoms with van der Waals surface area (Å²) in [5, 5.41) is 9.68. The molecule has 0 amide bonds. The molecule has 0 saturated heterocycles. The van der Waals surface area contributed by atoms with Gasteiger partial charge in [-0.3, -0.25) is 0 Å². The first-order valence-electron chi connectivity index (χ1n) is 12.3. The maximum Gasteiger partial charge on any atom is 0.201 e. The molecule has 184 valence electrons. The molecule has 34 heavy (non-hydrogen) atoms. The van der Waals surface area contributed by atoms with E-state index in [0.29, 0.717) is 49.7 Å². The first-order valence-corrected chi connectivity index (χ1v) is 12.3. The SMILES string of the molecule is CCOc1ccc(/C=C/C2CCC(c3ccc(C4CCC(O)CC4)c(F)c3F)CC2)c(F)c1F. The molecule has 1 N–H and O–H groups in total. The number of ether oxygens (including phenoxy) is 1. The number of benzene rings is 2. The molecular weight excluding hydrogens is 444 g/mol. The molecule has 6 heteroatoms. The Hall–Kier alpha value is -2.34. The molecular formula is C28H32F4O2. The fourth-order valence-corrected chi connectivity index (χ4v) is 5.40. The summed E-state index contributed by atoms with van der Waals surface area (Å²) in [7, 11) is 0. The largest absolute Gasteiger partial charge is 0.491 e. The third-order valence-electron chi connectivity index (χ3n) is 7.41. The topological polar surface area (TPSA) is 29.5 Å². The van der Waals surface area contributed by atoms with Crippen LogP contribution in [0.4, 0.5) is 17.6 Å². The fourth-order valence-electron chi connectivity index (χ4n) is 5.40. The zero-order valence-electron chi connectivity index (χ0n) is 19.5. The summed E-state index contributed by atoms with van der Waals surface area (Å²) in [6.07, 6.45) is 8.69. The molecule has 0 atom stereocenters. The van der Waals surface area contributed by atoms with E-state index in [1.807, 2.05) is 6.08 Å². The summed E-state index contributed by atoms with van der Waals surface area (Å²) in [6, 6.07) is 6.39. The second-order valence-electron chi connectivity index (χ2n) is 9.56. The average Bonchev–Trinajstić information content (AvgIpc) is 2.84. The van der Waals surface area contributed by atoms with Gasteiger partial charge in [0.15, 0.2) is 23.2 Å². The predicted octanol–water partition coefficient (Wildman–Crippen LogP) is 7.65. The van der Waals surface area contributed by atoms with Crippen molar-refractivity contribution >= 4 is 6.08 Å². The predicted molar refractivity (Wildman–Crippen MR) is 125 cm³/mol. The normalized spacial score (nSPS) is 25.6. The molecule has 2 aliphatic rings. The van der Waals surface area contributed by atoms with E-state index in [-0.39, 0.29) is 41.8 Å². The van der Waals surface area contributed by atoms with Crippen LogP contribution >= 0.6 is 0 Å². The summed E-state index contributed by atoms with van der Waals surface area (Å²) in [5.74, 6) is -3.42. The van der Waals surface area contributed by atoms with E-state index in [1.165, 1.54) is 12.1 Å². The second kappa shape index (κ2) is 10.9. The highest BCUT2D eigenvalue weighted by atomic mass is 19.2. The van der Waals surface area contributed by atoms with Crippen LogP contribution < -0.4 is 4.74 Å². The minimum atomic E-state index is -0.988. The van der Waals surface area contributed by atoms with Gasteiger partial charge in [0.25, 0.3) is 0 Å². The molecule has 0 heterocycles. The molecule has 2 saturated carbocycles. The Labute approximate surface area is 198 Å². The van der Waals surface area contributed by atoms with Crippen LogP contribution in [-0.2, 0) is 0 Å². The third kappa shape index (κ3) is 5.32. The molecule has 0 aromatic heterocycles. The molecule has 0 unspecified atom stereocenters. The van der Waals surface area contributed by atoms with Crippen molar-refractivity contribution in [2.24, 2.45) is 5.92 Å². The smallest absolute Gasteiger partial charge is 0.201 e. The monoisotopic (exact) mass is 476 g/mol. The van der Waals surface area contributed by atoms with Crippen molar-refractivity contribution in [3.8, 4) is 5.75 Å². The molecule has 0 radical (unpaired) electrons. The molecule has 0 aliphatic heterocycles. The van der Waals surface area contributed by atoms with Gasteiger partial charge in [0.2, 0.25) is 5.82 Å². The van der Waals surface area contributed by atoms with Crippen molar-refractivity contribution in [3.05, 3.63) is 70.3 Å². The Morgan fingerprint density at radius 2 is 1.32 bits per heavy atom. The van der Waals surface area contributed by atoms with Crippen molar-refractivity contribution in [2.75, 3.05) is 6.61 Å². The van der Waals surface area contributed by atoms with Crippen LogP contribution in [0, 0.1) is 29.2 Å². The van der Waals surface area contributed by atoms with Gasteiger partial charge in [0.05, 0.1) is 12.7 Å². The van der Waals surface area contributed by atoms with Gasteiger partial charge >= 0.3 is 0 Å². The fraction of sp³-hybridized carbons (Fsp3) is 0.500. The van der Waals surface area contributed by atoms with Gasteiger partial charge in [-0.2, -0.15) is 4.39 Å². The molecule has 2 aromatic rings. The molecule has 2 aromatic carbocycles. The summed E-state index contributed by atoms with van der Waals surface area (Å²) in [5.41, 5.74) is 1.02. The van der Waals surface area contributed by atoms with Gasteiger partial charge in [-0.25, -0.2) is 13.2 Å². The molecule has 4 rings (SSSR count). The second-order valence-corrected chi connectivity index (χ2v) is 9.56. The first-order chi connectivity index (χ1) is 16.4. The van der Waals surface area contributed by atoms with Crippen molar-refractivity contribution in [2.45, 2.75) is 76.2 Å². The number of allylic oxidation sites excluding steroid dienone is 1. The van der Waals surface area contributed by atoms with Crippen LogP contribution in [0.25, 0.3) is 6.08 Å². The van der Waals surface area contributed by atoms with Crippen LogP contribution in [0.15, 0.2) is 30.3 Å². The van der Waals surface area contributed by atoms with Crippen molar-refractivity contribution in [1.82, 2.24) is 0 Å². The Morgan fingerprint density at radius 1 is 0.765 bits per heavy atom. The van der Waals surface area contributed by atoms with Gasteiger partial charge in [-0.05, 0) is 99.3 Å². The van der Waals surface area contributed by atoms with Crippen molar-refractivity contribution in [3.63, 3.8) is 0 Å². The van der Waals surface area contributed by atoms with E-state index in [2.05, 4.69) is 0 Å². The number of aliphatic hydroxyl groups excluding tert-OH is 1. The summed E-state index contributed by atoms with van der Waals surface area (Å²) >= 11 is 0. The molecule has 2 nitrogen and oxygen atoms in total. The first kappa shape index (κ1) is 24.8. The molecule has 2 aliphatic carbocycles. The zero-order valence-corrected chi connectivity index (χ0v) is 19.5. The number of hydrogen-bond acceptors (Lipinski definition) is 2. The van der Waals surface area contributed by atoms with Crippen LogP contribution in [0.5, 0.6) is 5.75 Å². The molecule has 2 fully saturated rings. The maximum absolute atomic E-state index is 15.0. The number of halogens is 4. The van der Waals surface area contributed by atoms with E-state index in [4.69, 9.17) is 4.74 Å². The standard InChI is InChI=1S/C28H32F4O2/c1-2-34-24-16-11-20(25(29)28(24)32)8-5-17-3-6-18(7-4-17)22-14-15-23(27(31)26(22)30)19-9-12-21(33)13-10-19/h5,8,11,14-19,21,33H,2-4,6-7,9-10,12-13H2,1H3/b8-5+. The lowest BCUT2D eigenvalue weighted by atomic mass is 9.77. The van der Waals surface area contributed by atoms with Crippen LogP contribution in [0.1, 0.15) is 86.8 Å².